The Morgan fingerprint density at radius 3 is 1.13 bits per heavy atom. The van der Waals surface area contributed by atoms with E-state index in [9.17, 15) is 0 Å². The first-order valence-corrected chi connectivity index (χ1v) is 17.0. The van der Waals surface area contributed by atoms with E-state index >= 15 is 0 Å². The lowest BCUT2D eigenvalue weighted by molar-refractivity contribution is 0.799. The Labute approximate surface area is 270 Å². The van der Waals surface area contributed by atoms with Gasteiger partial charge < -0.3 is 9.80 Å². The van der Waals surface area contributed by atoms with Gasteiger partial charge in [-0.05, 0) is 90.4 Å². The zero-order valence-electron chi connectivity index (χ0n) is 28.3. The fraction of sp³-hybridized carbons (Fsp3) is 0.326. The summed E-state index contributed by atoms with van der Waals surface area (Å²) in [5.41, 5.74) is 9.81. The van der Waals surface area contributed by atoms with Crippen molar-refractivity contribution >= 4 is 43.7 Å². The number of benzene rings is 6. The van der Waals surface area contributed by atoms with E-state index in [1.165, 1.54) is 77.7 Å². The van der Waals surface area contributed by atoms with Crippen LogP contribution in [0.4, 0.5) is 11.4 Å². The SMILES string of the molecule is CC(C)c1cccc(C(C)C)c1N1CCN(c2c(C(C)C)cccc2C(C)C)[C]1c1cc2ccc3cccc4ccc(c1)c2c34. The molecule has 45 heavy (non-hydrogen) atoms. The zero-order valence-corrected chi connectivity index (χ0v) is 28.3. The molecule has 0 aromatic heterocycles. The van der Waals surface area contributed by atoms with Gasteiger partial charge in [-0.15, -0.1) is 0 Å². The van der Waals surface area contributed by atoms with Gasteiger partial charge >= 0.3 is 0 Å². The van der Waals surface area contributed by atoms with Crippen LogP contribution in [0.5, 0.6) is 0 Å². The maximum atomic E-state index is 2.68. The average Bonchev–Trinajstić information content (AvgIpc) is 3.47. The molecule has 0 amide bonds. The van der Waals surface area contributed by atoms with Crippen molar-refractivity contribution < 1.29 is 0 Å². The number of hydrogen-bond donors (Lipinski definition) is 0. The summed E-state index contributed by atoms with van der Waals surface area (Å²) < 4.78 is 0. The summed E-state index contributed by atoms with van der Waals surface area (Å²) in [6, 6.07) is 34.8. The summed E-state index contributed by atoms with van der Waals surface area (Å²) in [6.45, 7) is 20.6. The van der Waals surface area contributed by atoms with E-state index in [1.807, 2.05) is 0 Å². The second-order valence-corrected chi connectivity index (χ2v) is 14.3. The summed E-state index contributed by atoms with van der Waals surface area (Å²) in [6.07, 6.45) is 1.31. The van der Waals surface area contributed by atoms with Crippen LogP contribution in [-0.4, -0.2) is 13.1 Å². The van der Waals surface area contributed by atoms with Crippen LogP contribution in [0.3, 0.4) is 0 Å². The molecule has 6 aromatic carbocycles. The van der Waals surface area contributed by atoms with Crippen LogP contribution in [-0.2, 0) is 0 Å². The van der Waals surface area contributed by atoms with E-state index in [-0.39, 0.29) is 0 Å². The molecule has 7 rings (SSSR count). The Bertz CT molecular complexity index is 1810. The van der Waals surface area contributed by atoms with Crippen molar-refractivity contribution in [1.29, 1.82) is 0 Å². The maximum absolute atomic E-state index is 2.68. The third kappa shape index (κ3) is 4.85. The summed E-state index contributed by atoms with van der Waals surface area (Å²) in [4.78, 5) is 5.36. The second-order valence-electron chi connectivity index (χ2n) is 14.3. The molecule has 1 radical (unpaired) electrons. The van der Waals surface area contributed by atoms with Gasteiger partial charge in [0.25, 0.3) is 0 Å². The minimum atomic E-state index is 0.425. The predicted octanol–water partition coefficient (Wildman–Crippen LogP) is 11.9. The van der Waals surface area contributed by atoms with Crippen molar-refractivity contribution in [3.8, 4) is 0 Å². The Morgan fingerprint density at radius 1 is 0.422 bits per heavy atom. The van der Waals surface area contributed by atoms with Crippen molar-refractivity contribution in [2.45, 2.75) is 79.1 Å². The van der Waals surface area contributed by atoms with Gasteiger partial charge in [-0.3, -0.25) is 0 Å². The van der Waals surface area contributed by atoms with E-state index < -0.39 is 0 Å². The van der Waals surface area contributed by atoms with Gasteiger partial charge in [-0.1, -0.05) is 134 Å². The largest absolute Gasteiger partial charge is 0.339 e. The van der Waals surface area contributed by atoms with Crippen LogP contribution in [0.15, 0.2) is 91.0 Å². The predicted molar refractivity (Wildman–Crippen MR) is 196 cm³/mol. The fourth-order valence-electron chi connectivity index (χ4n) is 7.83. The molecule has 0 bridgehead atoms. The summed E-state index contributed by atoms with van der Waals surface area (Å²) in [5.74, 6) is 1.70. The highest BCUT2D eigenvalue weighted by Gasteiger charge is 2.40. The topological polar surface area (TPSA) is 6.48 Å². The average molecular weight is 592 g/mol. The third-order valence-electron chi connectivity index (χ3n) is 10.0. The van der Waals surface area contributed by atoms with Crippen LogP contribution < -0.4 is 9.80 Å². The second kappa shape index (κ2) is 11.4. The Kier molecular flexibility index (Phi) is 7.51. The van der Waals surface area contributed by atoms with Gasteiger partial charge in [0.05, 0.1) is 0 Å². The molecule has 1 saturated heterocycles. The number of anilines is 2. The van der Waals surface area contributed by atoms with E-state index in [0.29, 0.717) is 23.7 Å². The van der Waals surface area contributed by atoms with Crippen molar-refractivity contribution in [2.75, 3.05) is 22.9 Å². The number of para-hydroxylation sites is 2. The van der Waals surface area contributed by atoms with E-state index in [4.69, 9.17) is 0 Å². The van der Waals surface area contributed by atoms with E-state index in [2.05, 4.69) is 156 Å². The smallest absolute Gasteiger partial charge is 0.187 e. The summed E-state index contributed by atoms with van der Waals surface area (Å²) >= 11 is 0. The third-order valence-corrected chi connectivity index (χ3v) is 10.0. The molecule has 229 valence electrons. The van der Waals surface area contributed by atoms with Crippen LogP contribution in [0.2, 0.25) is 0 Å². The molecular weight excluding hydrogens is 544 g/mol. The molecule has 0 saturated carbocycles. The van der Waals surface area contributed by atoms with Gasteiger partial charge in [-0.25, -0.2) is 0 Å². The van der Waals surface area contributed by atoms with Crippen molar-refractivity contribution in [1.82, 2.24) is 0 Å². The molecule has 0 spiro atoms. The zero-order chi connectivity index (χ0) is 31.6. The molecule has 0 aliphatic carbocycles. The van der Waals surface area contributed by atoms with E-state index in [1.54, 1.807) is 0 Å². The number of hydrogen-bond acceptors (Lipinski definition) is 2. The highest BCUT2D eigenvalue weighted by molar-refractivity contribution is 6.23. The van der Waals surface area contributed by atoms with Crippen molar-refractivity contribution in [3.63, 3.8) is 0 Å². The molecular formula is C43H47N2. The first kappa shape index (κ1) is 29.7. The highest BCUT2D eigenvalue weighted by atomic mass is 15.4. The molecule has 2 heteroatoms. The maximum Gasteiger partial charge on any atom is 0.187 e. The number of nitrogens with zero attached hydrogens (tertiary/aromatic N) is 2. The molecule has 1 heterocycles. The van der Waals surface area contributed by atoms with Gasteiger partial charge in [0.15, 0.2) is 6.17 Å². The van der Waals surface area contributed by atoms with Gasteiger partial charge in [0.1, 0.15) is 0 Å². The Morgan fingerprint density at radius 2 is 0.756 bits per heavy atom. The molecule has 2 nitrogen and oxygen atoms in total. The fourth-order valence-corrected chi connectivity index (χ4v) is 7.83. The van der Waals surface area contributed by atoms with Gasteiger partial charge in [0, 0.05) is 30.0 Å². The summed E-state index contributed by atoms with van der Waals surface area (Å²) in [7, 11) is 0. The summed E-state index contributed by atoms with van der Waals surface area (Å²) in [5, 5.41) is 8.01. The van der Waals surface area contributed by atoms with E-state index in [0.717, 1.165) is 13.1 Å². The van der Waals surface area contributed by atoms with Gasteiger partial charge in [-0.2, -0.15) is 0 Å². The molecule has 1 aliphatic rings. The monoisotopic (exact) mass is 591 g/mol. The first-order chi connectivity index (χ1) is 21.7. The number of rotatable bonds is 7. The molecule has 6 aromatic rings. The standard InChI is InChI=1S/C43H47N2/c1-26(2)35-14-10-15-36(27(3)4)41(35)44-22-23-45(42-37(28(5)6)16-11-17-38(42)29(7)8)43(44)34-24-32-20-18-30-12-9-13-31-19-21-33(25-34)40(32)39(30)31/h9-21,24-29H,22-23H2,1-8H3. The first-order valence-electron chi connectivity index (χ1n) is 17.0. The Hall–Kier alpha value is -4.04. The molecule has 0 unspecified atom stereocenters. The minimum Gasteiger partial charge on any atom is -0.339 e. The quantitative estimate of drug-likeness (QED) is 0.170. The molecule has 0 atom stereocenters. The minimum absolute atomic E-state index is 0.425. The molecule has 0 N–H and O–H groups in total. The van der Waals surface area contributed by atoms with Crippen LogP contribution in [0, 0.1) is 6.17 Å². The van der Waals surface area contributed by atoms with Crippen molar-refractivity contribution in [3.05, 3.63) is 125 Å². The van der Waals surface area contributed by atoms with Gasteiger partial charge in [0.2, 0.25) is 0 Å². The lowest BCUT2D eigenvalue weighted by atomic mass is 9.89. The lowest BCUT2D eigenvalue weighted by Gasteiger charge is -2.37. The van der Waals surface area contributed by atoms with Crippen LogP contribution >= 0.6 is 0 Å². The Balaban J connectivity index is 1.52. The van der Waals surface area contributed by atoms with Crippen LogP contribution in [0.25, 0.3) is 32.3 Å². The molecule has 1 aliphatic heterocycles. The van der Waals surface area contributed by atoms with Crippen molar-refractivity contribution in [2.24, 2.45) is 0 Å². The van der Waals surface area contributed by atoms with Crippen LogP contribution in [0.1, 0.15) is 107 Å². The normalized spacial score (nSPS) is 14.7. The lowest BCUT2D eigenvalue weighted by Crippen LogP contribution is -2.34. The highest BCUT2D eigenvalue weighted by Crippen LogP contribution is 2.48. The molecule has 1 fully saturated rings.